The summed E-state index contributed by atoms with van der Waals surface area (Å²) in [6.45, 7) is 1.74. The zero-order valence-corrected chi connectivity index (χ0v) is 9.07. The Bertz CT molecular complexity index is 259. The molecule has 2 aliphatic heterocycles. The van der Waals surface area contributed by atoms with Crippen LogP contribution < -0.4 is 0 Å². The minimum atomic E-state index is 0.179. The SMILES string of the molecule is CC(=O)C1C2C/C=C\CC(CC2)N1C. The highest BCUT2D eigenvalue weighted by molar-refractivity contribution is 5.82. The second kappa shape index (κ2) is 3.85. The van der Waals surface area contributed by atoms with Gasteiger partial charge in [0.1, 0.15) is 5.78 Å². The van der Waals surface area contributed by atoms with Crippen molar-refractivity contribution in [2.75, 3.05) is 7.05 Å². The van der Waals surface area contributed by atoms with Crippen LogP contribution in [0.4, 0.5) is 0 Å². The van der Waals surface area contributed by atoms with E-state index in [1.165, 1.54) is 12.8 Å². The van der Waals surface area contributed by atoms with Gasteiger partial charge in [-0.2, -0.15) is 0 Å². The molecule has 78 valence electrons. The lowest BCUT2D eigenvalue weighted by Gasteiger charge is -2.44. The second-order valence-electron chi connectivity index (χ2n) is 4.66. The second-order valence-corrected chi connectivity index (χ2v) is 4.66. The molecule has 3 aliphatic rings. The van der Waals surface area contributed by atoms with Crippen molar-refractivity contribution in [2.45, 2.75) is 44.7 Å². The maximum atomic E-state index is 11.6. The molecule has 0 N–H and O–H groups in total. The van der Waals surface area contributed by atoms with Crippen LogP contribution in [0.25, 0.3) is 0 Å². The summed E-state index contributed by atoms with van der Waals surface area (Å²) in [7, 11) is 2.11. The Balaban J connectivity index is 2.25. The molecule has 2 nitrogen and oxygen atoms in total. The molecule has 3 rings (SSSR count). The highest BCUT2D eigenvalue weighted by atomic mass is 16.1. The van der Waals surface area contributed by atoms with Gasteiger partial charge in [-0.3, -0.25) is 9.69 Å². The third-order valence-electron chi connectivity index (χ3n) is 3.76. The smallest absolute Gasteiger partial charge is 0.147 e. The Morgan fingerprint density at radius 2 is 2.00 bits per heavy atom. The first-order valence-corrected chi connectivity index (χ1v) is 5.57. The Hall–Kier alpha value is -0.630. The van der Waals surface area contributed by atoms with E-state index in [0.717, 1.165) is 12.8 Å². The van der Waals surface area contributed by atoms with Gasteiger partial charge in [-0.05, 0) is 45.6 Å². The topological polar surface area (TPSA) is 20.3 Å². The Kier molecular flexibility index (Phi) is 2.73. The fourth-order valence-electron chi connectivity index (χ4n) is 3.00. The summed E-state index contributed by atoms with van der Waals surface area (Å²) in [6, 6.07) is 0.774. The van der Waals surface area contributed by atoms with E-state index >= 15 is 0 Å². The van der Waals surface area contributed by atoms with E-state index in [-0.39, 0.29) is 6.04 Å². The van der Waals surface area contributed by atoms with Crippen molar-refractivity contribution in [3.8, 4) is 0 Å². The molecule has 3 unspecified atom stereocenters. The monoisotopic (exact) mass is 193 g/mol. The molecule has 0 spiro atoms. The Morgan fingerprint density at radius 1 is 1.29 bits per heavy atom. The zero-order chi connectivity index (χ0) is 10.1. The molecule has 2 heterocycles. The molecule has 0 radical (unpaired) electrons. The number of nitrogens with zero attached hydrogens (tertiary/aromatic N) is 1. The quantitative estimate of drug-likeness (QED) is 0.594. The molecule has 1 fully saturated rings. The fourth-order valence-corrected chi connectivity index (χ4v) is 3.00. The minimum absolute atomic E-state index is 0.179. The predicted octanol–water partition coefficient (Wildman–Crippen LogP) is 2.00. The van der Waals surface area contributed by atoms with Crippen molar-refractivity contribution in [3.63, 3.8) is 0 Å². The highest BCUT2D eigenvalue weighted by Crippen LogP contribution is 2.33. The number of Topliss-reactive ketones (excluding diaryl/α,β-unsaturated/α-hetero) is 1. The normalized spacial score (nSPS) is 40.3. The molecule has 14 heavy (non-hydrogen) atoms. The number of piperidine rings is 1. The van der Waals surface area contributed by atoms with Gasteiger partial charge in [-0.15, -0.1) is 0 Å². The molecule has 1 aliphatic carbocycles. The van der Waals surface area contributed by atoms with Crippen LogP contribution in [0.5, 0.6) is 0 Å². The molecule has 3 atom stereocenters. The molecule has 2 bridgehead atoms. The standard InChI is InChI=1S/C12H19NO/c1-9(14)12-10-5-3-4-6-11(8-7-10)13(12)2/h3-4,10-12H,5-8H2,1-2H3/b4-3-. The van der Waals surface area contributed by atoms with Crippen LogP contribution in [0, 0.1) is 5.92 Å². The highest BCUT2D eigenvalue weighted by Gasteiger charge is 2.37. The van der Waals surface area contributed by atoms with Crippen LogP contribution in [0.1, 0.15) is 32.6 Å². The van der Waals surface area contributed by atoms with Crippen LogP contribution in [-0.4, -0.2) is 29.8 Å². The van der Waals surface area contributed by atoms with E-state index in [1.807, 2.05) is 0 Å². The molecule has 0 aromatic carbocycles. The van der Waals surface area contributed by atoms with Gasteiger partial charge in [-0.1, -0.05) is 12.2 Å². The van der Waals surface area contributed by atoms with Crippen LogP contribution in [0.2, 0.25) is 0 Å². The van der Waals surface area contributed by atoms with E-state index in [2.05, 4.69) is 24.1 Å². The number of ketones is 1. The number of rotatable bonds is 1. The Labute approximate surface area is 86.0 Å². The lowest BCUT2D eigenvalue weighted by atomic mass is 9.79. The van der Waals surface area contributed by atoms with Crippen LogP contribution >= 0.6 is 0 Å². The number of hydrogen-bond acceptors (Lipinski definition) is 2. The molecule has 0 amide bonds. The number of carbonyl (C=O) groups excluding carboxylic acids is 1. The lowest BCUT2D eigenvalue weighted by Crippen LogP contribution is -2.52. The average molecular weight is 193 g/mol. The first-order valence-electron chi connectivity index (χ1n) is 5.57. The zero-order valence-electron chi connectivity index (χ0n) is 9.07. The molecule has 0 aromatic rings. The summed E-state index contributed by atoms with van der Waals surface area (Å²) in [4.78, 5) is 13.9. The summed E-state index contributed by atoms with van der Waals surface area (Å²) < 4.78 is 0. The third kappa shape index (κ3) is 1.63. The largest absolute Gasteiger partial charge is 0.298 e. The maximum Gasteiger partial charge on any atom is 0.147 e. The van der Waals surface area contributed by atoms with E-state index in [9.17, 15) is 4.79 Å². The van der Waals surface area contributed by atoms with Gasteiger partial charge in [0.05, 0.1) is 6.04 Å². The van der Waals surface area contributed by atoms with Gasteiger partial charge in [0.15, 0.2) is 0 Å². The maximum absolute atomic E-state index is 11.6. The number of allylic oxidation sites excluding steroid dienone is 1. The van der Waals surface area contributed by atoms with Crippen molar-refractivity contribution < 1.29 is 4.79 Å². The first-order chi connectivity index (χ1) is 6.70. The minimum Gasteiger partial charge on any atom is -0.298 e. The summed E-state index contributed by atoms with van der Waals surface area (Å²) in [5, 5.41) is 0. The van der Waals surface area contributed by atoms with Crippen molar-refractivity contribution in [3.05, 3.63) is 12.2 Å². The van der Waals surface area contributed by atoms with E-state index in [0.29, 0.717) is 17.7 Å². The fraction of sp³-hybridized carbons (Fsp3) is 0.750. The van der Waals surface area contributed by atoms with E-state index < -0.39 is 0 Å². The number of carbonyl (C=O) groups is 1. The Morgan fingerprint density at radius 3 is 2.71 bits per heavy atom. The number of likely N-dealkylation sites (N-methyl/N-ethyl adjacent to an activating group) is 1. The summed E-state index contributed by atoms with van der Waals surface area (Å²) in [6.07, 6.45) is 9.23. The van der Waals surface area contributed by atoms with Gasteiger partial charge >= 0.3 is 0 Å². The van der Waals surface area contributed by atoms with Gasteiger partial charge in [0.25, 0.3) is 0 Å². The summed E-state index contributed by atoms with van der Waals surface area (Å²) in [5.74, 6) is 0.905. The summed E-state index contributed by atoms with van der Waals surface area (Å²) >= 11 is 0. The van der Waals surface area contributed by atoms with Crippen molar-refractivity contribution in [2.24, 2.45) is 5.92 Å². The van der Waals surface area contributed by atoms with Gasteiger partial charge in [0.2, 0.25) is 0 Å². The van der Waals surface area contributed by atoms with E-state index in [1.54, 1.807) is 6.92 Å². The molecular weight excluding hydrogens is 174 g/mol. The molecular formula is C12H19NO. The van der Waals surface area contributed by atoms with Gasteiger partial charge in [-0.25, -0.2) is 0 Å². The van der Waals surface area contributed by atoms with Crippen LogP contribution in [-0.2, 0) is 4.79 Å². The molecule has 1 saturated heterocycles. The number of fused-ring (bicyclic) bond motifs is 4. The molecule has 2 heteroatoms. The van der Waals surface area contributed by atoms with E-state index in [4.69, 9.17) is 0 Å². The van der Waals surface area contributed by atoms with Crippen molar-refractivity contribution in [1.29, 1.82) is 0 Å². The number of hydrogen-bond donors (Lipinski definition) is 0. The van der Waals surface area contributed by atoms with Crippen LogP contribution in [0.15, 0.2) is 12.2 Å². The first kappa shape index (κ1) is 9.91. The summed E-state index contributed by atoms with van der Waals surface area (Å²) in [5.41, 5.74) is 0. The van der Waals surface area contributed by atoms with Gasteiger partial charge in [0, 0.05) is 6.04 Å². The van der Waals surface area contributed by atoms with Gasteiger partial charge < -0.3 is 0 Å². The third-order valence-corrected chi connectivity index (χ3v) is 3.76. The lowest BCUT2D eigenvalue weighted by molar-refractivity contribution is -0.126. The van der Waals surface area contributed by atoms with Crippen LogP contribution in [0.3, 0.4) is 0 Å². The molecule has 0 aromatic heterocycles. The van der Waals surface area contributed by atoms with Crippen molar-refractivity contribution >= 4 is 5.78 Å². The van der Waals surface area contributed by atoms with Crippen molar-refractivity contribution in [1.82, 2.24) is 4.90 Å². The predicted molar refractivity (Wildman–Crippen MR) is 57.1 cm³/mol. The molecule has 0 saturated carbocycles. The average Bonchev–Trinajstić information content (AvgIpc) is 2.06.